The molecule has 3 heteroatoms. The first-order valence-electron chi connectivity index (χ1n) is 7.48. The van der Waals surface area contributed by atoms with Crippen molar-refractivity contribution in [3.8, 4) is 0 Å². The minimum Gasteiger partial charge on any atom is -0.481 e. The summed E-state index contributed by atoms with van der Waals surface area (Å²) in [7, 11) is 0. The average Bonchev–Trinajstić information content (AvgIpc) is 3.02. The molecule has 106 valence electrons. The van der Waals surface area contributed by atoms with Crippen LogP contribution in [0.1, 0.15) is 46.0 Å². The number of hydrogen-bond donors (Lipinski definition) is 2. The molecule has 3 aliphatic carbocycles. The molecule has 0 heterocycles. The van der Waals surface area contributed by atoms with E-state index in [4.69, 9.17) is 0 Å². The molecular weight excluding hydrogens is 240 g/mol. The van der Waals surface area contributed by atoms with Gasteiger partial charge in [-0.15, -0.1) is 0 Å². The summed E-state index contributed by atoms with van der Waals surface area (Å²) in [5.41, 5.74) is -0.0327. The number of aliphatic hydroxyl groups excluding tert-OH is 1. The number of allylic oxidation sites excluding steroid dienone is 2. The van der Waals surface area contributed by atoms with Crippen LogP contribution < -0.4 is 0 Å². The third-order valence-corrected chi connectivity index (χ3v) is 6.37. The molecule has 2 N–H and O–H groups in total. The lowest BCUT2D eigenvalue weighted by atomic mass is 9.57. The molecule has 0 aliphatic heterocycles. The Balaban J connectivity index is 1.89. The molecule has 0 saturated heterocycles. The molecule has 5 unspecified atom stereocenters. The molecule has 0 radical (unpaired) electrons. The maximum atomic E-state index is 11.4. The third kappa shape index (κ3) is 1.70. The monoisotopic (exact) mass is 264 g/mol. The van der Waals surface area contributed by atoms with Crippen molar-refractivity contribution >= 4 is 5.97 Å². The molecule has 0 amide bonds. The van der Waals surface area contributed by atoms with E-state index in [-0.39, 0.29) is 28.8 Å². The topological polar surface area (TPSA) is 57.5 Å². The van der Waals surface area contributed by atoms with Crippen molar-refractivity contribution in [3.05, 3.63) is 12.2 Å². The Kier molecular flexibility index (Phi) is 2.83. The van der Waals surface area contributed by atoms with Crippen molar-refractivity contribution in [1.29, 1.82) is 0 Å². The van der Waals surface area contributed by atoms with Crippen LogP contribution in [-0.2, 0) is 4.79 Å². The summed E-state index contributed by atoms with van der Waals surface area (Å²) in [6, 6.07) is 0. The van der Waals surface area contributed by atoms with Gasteiger partial charge >= 0.3 is 5.97 Å². The lowest BCUT2D eigenvalue weighted by molar-refractivity contribution is -0.143. The van der Waals surface area contributed by atoms with Gasteiger partial charge in [-0.1, -0.05) is 32.4 Å². The van der Waals surface area contributed by atoms with Crippen LogP contribution in [0.2, 0.25) is 0 Å². The van der Waals surface area contributed by atoms with E-state index in [9.17, 15) is 15.0 Å². The number of carbonyl (C=O) groups is 1. The quantitative estimate of drug-likeness (QED) is 0.771. The average molecular weight is 264 g/mol. The Bertz CT molecular complexity index is 426. The zero-order chi connectivity index (χ0) is 13.8. The van der Waals surface area contributed by atoms with Gasteiger partial charge in [0.2, 0.25) is 0 Å². The molecule has 0 aromatic rings. The molecule has 3 aliphatic rings. The Morgan fingerprint density at radius 1 is 1.32 bits per heavy atom. The predicted molar refractivity (Wildman–Crippen MR) is 72.6 cm³/mol. The van der Waals surface area contributed by atoms with Gasteiger partial charge in [0.15, 0.2) is 0 Å². The minimum atomic E-state index is -0.654. The number of fused-ring (bicyclic) bond motifs is 2. The van der Waals surface area contributed by atoms with Crippen molar-refractivity contribution in [2.24, 2.45) is 28.6 Å². The Morgan fingerprint density at radius 2 is 2.05 bits per heavy atom. The molecule has 5 atom stereocenters. The second-order valence-electron chi connectivity index (χ2n) is 7.36. The van der Waals surface area contributed by atoms with Gasteiger partial charge in [0, 0.05) is 0 Å². The smallest absolute Gasteiger partial charge is 0.307 e. The first kappa shape index (κ1) is 13.2. The highest BCUT2D eigenvalue weighted by Crippen LogP contribution is 2.64. The van der Waals surface area contributed by atoms with Gasteiger partial charge in [0.05, 0.1) is 12.0 Å². The van der Waals surface area contributed by atoms with Gasteiger partial charge in [-0.2, -0.15) is 0 Å². The van der Waals surface area contributed by atoms with Crippen LogP contribution in [-0.4, -0.2) is 22.3 Å². The Morgan fingerprint density at radius 3 is 2.58 bits per heavy atom. The summed E-state index contributed by atoms with van der Waals surface area (Å²) >= 11 is 0. The fraction of sp³-hybridized carbons (Fsp3) is 0.812. The second kappa shape index (κ2) is 4.08. The van der Waals surface area contributed by atoms with Crippen LogP contribution in [0, 0.1) is 28.6 Å². The summed E-state index contributed by atoms with van der Waals surface area (Å²) < 4.78 is 0. The molecule has 0 aromatic carbocycles. The summed E-state index contributed by atoms with van der Waals surface area (Å²) in [5, 5.41) is 19.6. The van der Waals surface area contributed by atoms with Gasteiger partial charge < -0.3 is 10.2 Å². The molecule has 3 rings (SSSR count). The predicted octanol–water partition coefficient (Wildman–Crippen LogP) is 2.84. The normalized spacial score (nSPS) is 45.0. The van der Waals surface area contributed by atoms with Gasteiger partial charge in [-0.05, 0) is 48.3 Å². The van der Waals surface area contributed by atoms with Crippen molar-refractivity contribution in [2.75, 3.05) is 0 Å². The number of hydrogen-bond acceptors (Lipinski definition) is 2. The fourth-order valence-electron chi connectivity index (χ4n) is 5.00. The minimum absolute atomic E-state index is 0.0155. The first-order valence-corrected chi connectivity index (χ1v) is 7.48. The van der Waals surface area contributed by atoms with Crippen LogP contribution in [0.25, 0.3) is 0 Å². The van der Waals surface area contributed by atoms with Crippen molar-refractivity contribution in [1.82, 2.24) is 0 Å². The molecule has 3 nitrogen and oxygen atoms in total. The third-order valence-electron chi connectivity index (χ3n) is 6.37. The van der Waals surface area contributed by atoms with E-state index >= 15 is 0 Å². The molecule has 2 saturated carbocycles. The summed E-state index contributed by atoms with van der Waals surface area (Å²) in [6.45, 7) is 4.48. The highest BCUT2D eigenvalue weighted by atomic mass is 16.4. The van der Waals surface area contributed by atoms with Crippen LogP contribution in [0.15, 0.2) is 12.2 Å². The van der Waals surface area contributed by atoms with Gasteiger partial charge in [0.1, 0.15) is 0 Å². The number of aliphatic hydroxyl groups is 1. The lowest BCUT2D eigenvalue weighted by Gasteiger charge is -2.47. The zero-order valence-corrected chi connectivity index (χ0v) is 11.8. The summed E-state index contributed by atoms with van der Waals surface area (Å²) in [6.07, 6.45) is 8.96. The van der Waals surface area contributed by atoms with Crippen molar-refractivity contribution in [2.45, 2.75) is 52.1 Å². The second-order valence-corrected chi connectivity index (χ2v) is 7.36. The standard InChI is InChI=1S/C16H24O3/c1-15(2,12-4-3-5-13(12)17)16-7-6-10(8-16)11(9-16)14(18)19/h6-7,10-13,17H,3-5,8-9H2,1-2H3,(H,18,19). The maximum absolute atomic E-state index is 11.4. The van der Waals surface area contributed by atoms with Crippen molar-refractivity contribution < 1.29 is 15.0 Å². The Hall–Kier alpha value is -0.830. The van der Waals surface area contributed by atoms with E-state index in [0.717, 1.165) is 32.1 Å². The summed E-state index contributed by atoms with van der Waals surface area (Å²) in [5.74, 6) is -0.361. The van der Waals surface area contributed by atoms with Gasteiger partial charge in [-0.25, -0.2) is 0 Å². The fourth-order valence-corrected chi connectivity index (χ4v) is 5.00. The van der Waals surface area contributed by atoms with Crippen LogP contribution in [0.4, 0.5) is 0 Å². The van der Waals surface area contributed by atoms with E-state index in [0.29, 0.717) is 5.92 Å². The molecular formula is C16H24O3. The SMILES string of the molecule is CC(C)(C1CCCC1O)C12C=CC(C1)C(C(=O)O)C2. The number of rotatable bonds is 3. The molecule has 19 heavy (non-hydrogen) atoms. The number of carboxylic acid groups (broad SMARTS) is 1. The van der Waals surface area contributed by atoms with Crippen molar-refractivity contribution in [3.63, 3.8) is 0 Å². The number of aliphatic carboxylic acids is 1. The molecule has 2 bridgehead atoms. The Labute approximate surface area is 114 Å². The largest absolute Gasteiger partial charge is 0.481 e. The molecule has 2 fully saturated rings. The highest BCUT2D eigenvalue weighted by molar-refractivity contribution is 5.72. The number of carboxylic acids is 1. The van der Waals surface area contributed by atoms with Crippen LogP contribution in [0.5, 0.6) is 0 Å². The van der Waals surface area contributed by atoms with Gasteiger partial charge in [0.25, 0.3) is 0 Å². The highest BCUT2D eigenvalue weighted by Gasteiger charge is 2.59. The molecule has 0 spiro atoms. The first-order chi connectivity index (χ1) is 8.87. The van der Waals surface area contributed by atoms with Crippen LogP contribution >= 0.6 is 0 Å². The van der Waals surface area contributed by atoms with E-state index in [1.54, 1.807) is 0 Å². The van der Waals surface area contributed by atoms with E-state index in [1.807, 2.05) is 0 Å². The van der Waals surface area contributed by atoms with Crippen LogP contribution in [0.3, 0.4) is 0 Å². The van der Waals surface area contributed by atoms with E-state index in [2.05, 4.69) is 26.0 Å². The van der Waals surface area contributed by atoms with Gasteiger partial charge in [-0.3, -0.25) is 4.79 Å². The zero-order valence-electron chi connectivity index (χ0n) is 11.8. The maximum Gasteiger partial charge on any atom is 0.307 e. The molecule has 0 aromatic heterocycles. The van der Waals surface area contributed by atoms with E-state index < -0.39 is 5.97 Å². The lowest BCUT2D eigenvalue weighted by Crippen LogP contribution is -2.43. The van der Waals surface area contributed by atoms with E-state index in [1.165, 1.54) is 0 Å². The summed E-state index contributed by atoms with van der Waals surface area (Å²) in [4.78, 5) is 11.4.